The monoisotopic (exact) mass is 476 g/mol. The molecule has 0 fully saturated rings. The SMILES string of the molecule is CC(C)C[C@@H](NC(=O)C[C@@H]1Sc2ccc(C(F)(F)F)cc2NC1=O)c1nc2ccccc2[nH]1. The molecule has 0 saturated heterocycles. The summed E-state index contributed by atoms with van der Waals surface area (Å²) in [6.07, 6.45) is -3.95. The first-order valence-corrected chi connectivity index (χ1v) is 11.4. The second-order valence-corrected chi connectivity index (χ2v) is 9.64. The molecule has 3 N–H and O–H groups in total. The van der Waals surface area contributed by atoms with Crippen molar-refractivity contribution in [3.05, 3.63) is 53.9 Å². The fourth-order valence-corrected chi connectivity index (χ4v) is 4.82. The minimum atomic E-state index is -4.50. The Morgan fingerprint density at radius 3 is 2.67 bits per heavy atom. The average Bonchev–Trinajstić information content (AvgIpc) is 3.17. The van der Waals surface area contributed by atoms with Crippen LogP contribution in [0.5, 0.6) is 0 Å². The second-order valence-electron chi connectivity index (χ2n) is 8.40. The number of benzene rings is 2. The Balaban J connectivity index is 1.47. The van der Waals surface area contributed by atoms with E-state index in [0.29, 0.717) is 17.1 Å². The number of thioether (sulfide) groups is 1. The smallest absolute Gasteiger partial charge is 0.346 e. The first kappa shape index (κ1) is 23.2. The second kappa shape index (κ2) is 9.09. The van der Waals surface area contributed by atoms with Crippen molar-refractivity contribution in [3.63, 3.8) is 0 Å². The van der Waals surface area contributed by atoms with Crippen molar-refractivity contribution in [3.8, 4) is 0 Å². The maximum Gasteiger partial charge on any atom is 0.416 e. The number of nitrogens with zero attached hydrogens (tertiary/aromatic N) is 1. The van der Waals surface area contributed by atoms with Gasteiger partial charge < -0.3 is 15.6 Å². The lowest BCUT2D eigenvalue weighted by molar-refractivity contribution is -0.137. The van der Waals surface area contributed by atoms with Gasteiger partial charge in [0.1, 0.15) is 5.82 Å². The number of halogens is 3. The van der Waals surface area contributed by atoms with E-state index >= 15 is 0 Å². The molecule has 4 rings (SSSR count). The summed E-state index contributed by atoms with van der Waals surface area (Å²) in [5.74, 6) is 0.102. The topological polar surface area (TPSA) is 86.9 Å². The Bertz CT molecular complexity index is 1160. The van der Waals surface area contributed by atoms with Crippen molar-refractivity contribution in [1.29, 1.82) is 0 Å². The highest BCUT2D eigenvalue weighted by atomic mass is 32.2. The number of fused-ring (bicyclic) bond motifs is 2. The molecule has 2 atom stereocenters. The molecule has 6 nitrogen and oxygen atoms in total. The number of aromatic nitrogens is 2. The zero-order chi connectivity index (χ0) is 23.8. The van der Waals surface area contributed by atoms with Crippen molar-refractivity contribution >= 4 is 40.3 Å². The number of para-hydroxylation sites is 2. The number of alkyl halides is 3. The van der Waals surface area contributed by atoms with E-state index in [4.69, 9.17) is 0 Å². The van der Waals surface area contributed by atoms with Crippen LogP contribution in [0.1, 0.15) is 44.1 Å². The molecule has 174 valence electrons. The predicted octanol–water partition coefficient (Wildman–Crippen LogP) is 5.29. The molecule has 0 bridgehead atoms. The number of carbonyl (C=O) groups excluding carboxylic acids is 2. The molecule has 2 heterocycles. The summed E-state index contributed by atoms with van der Waals surface area (Å²) in [5.41, 5.74) is 0.942. The number of carbonyl (C=O) groups is 2. The van der Waals surface area contributed by atoms with Crippen LogP contribution >= 0.6 is 11.8 Å². The van der Waals surface area contributed by atoms with Gasteiger partial charge >= 0.3 is 6.18 Å². The summed E-state index contributed by atoms with van der Waals surface area (Å²) >= 11 is 1.09. The number of aromatic amines is 1. The largest absolute Gasteiger partial charge is 0.416 e. The number of amides is 2. The van der Waals surface area contributed by atoms with Crippen molar-refractivity contribution < 1.29 is 22.8 Å². The van der Waals surface area contributed by atoms with Crippen molar-refractivity contribution in [1.82, 2.24) is 15.3 Å². The van der Waals surface area contributed by atoms with Gasteiger partial charge in [0, 0.05) is 11.3 Å². The van der Waals surface area contributed by atoms with Gasteiger partial charge in [0.25, 0.3) is 0 Å². The molecule has 3 aromatic rings. The van der Waals surface area contributed by atoms with E-state index in [1.165, 1.54) is 6.07 Å². The summed E-state index contributed by atoms with van der Waals surface area (Å²) in [6.45, 7) is 4.08. The predicted molar refractivity (Wildman–Crippen MR) is 121 cm³/mol. The third kappa shape index (κ3) is 5.32. The van der Waals surface area contributed by atoms with Crippen LogP contribution in [0.2, 0.25) is 0 Å². The van der Waals surface area contributed by atoms with Crippen molar-refractivity contribution in [2.75, 3.05) is 5.32 Å². The van der Waals surface area contributed by atoms with Gasteiger partial charge in [-0.2, -0.15) is 13.2 Å². The number of anilines is 1. The number of hydrogen-bond donors (Lipinski definition) is 3. The van der Waals surface area contributed by atoms with Crippen molar-refractivity contribution in [2.45, 2.75) is 49.1 Å². The van der Waals surface area contributed by atoms with Crippen LogP contribution in [-0.2, 0) is 15.8 Å². The molecule has 1 aliphatic heterocycles. The maximum absolute atomic E-state index is 12.9. The Morgan fingerprint density at radius 1 is 1.21 bits per heavy atom. The van der Waals surface area contributed by atoms with E-state index < -0.39 is 22.9 Å². The average molecular weight is 477 g/mol. The van der Waals surface area contributed by atoms with Gasteiger partial charge in [0.15, 0.2) is 0 Å². The molecule has 2 amide bonds. The Kier molecular flexibility index (Phi) is 6.38. The van der Waals surface area contributed by atoms with Crippen LogP contribution < -0.4 is 10.6 Å². The lowest BCUT2D eigenvalue weighted by Gasteiger charge is -2.25. The minimum Gasteiger partial charge on any atom is -0.346 e. The van der Waals surface area contributed by atoms with Gasteiger partial charge in [0.2, 0.25) is 11.8 Å². The van der Waals surface area contributed by atoms with Crippen LogP contribution in [0.25, 0.3) is 11.0 Å². The van der Waals surface area contributed by atoms with E-state index in [0.717, 1.165) is 34.9 Å². The molecule has 33 heavy (non-hydrogen) atoms. The quantitative estimate of drug-likeness (QED) is 0.451. The zero-order valence-electron chi connectivity index (χ0n) is 18.0. The summed E-state index contributed by atoms with van der Waals surface area (Å²) in [6, 6.07) is 10.4. The molecule has 2 aromatic carbocycles. The number of nitrogens with one attached hydrogen (secondary N) is 3. The van der Waals surface area contributed by atoms with E-state index in [1.54, 1.807) is 0 Å². The maximum atomic E-state index is 12.9. The summed E-state index contributed by atoms with van der Waals surface area (Å²) in [7, 11) is 0. The molecule has 1 aromatic heterocycles. The van der Waals surface area contributed by atoms with E-state index in [-0.39, 0.29) is 30.0 Å². The fourth-order valence-electron chi connectivity index (χ4n) is 3.73. The van der Waals surface area contributed by atoms with Crippen molar-refractivity contribution in [2.24, 2.45) is 5.92 Å². The molecular formula is C23H23F3N4O2S. The van der Waals surface area contributed by atoms with Crippen LogP contribution in [0, 0.1) is 5.92 Å². The van der Waals surface area contributed by atoms with Gasteiger partial charge in [0.05, 0.1) is 33.6 Å². The highest BCUT2D eigenvalue weighted by molar-refractivity contribution is 8.01. The van der Waals surface area contributed by atoms with Crippen LogP contribution in [0.4, 0.5) is 18.9 Å². The molecule has 1 aliphatic rings. The zero-order valence-corrected chi connectivity index (χ0v) is 18.8. The third-order valence-corrected chi connectivity index (χ3v) is 6.55. The van der Waals surface area contributed by atoms with E-state index in [9.17, 15) is 22.8 Å². The molecule has 0 aliphatic carbocycles. The molecule has 0 radical (unpaired) electrons. The molecule has 10 heteroatoms. The van der Waals surface area contributed by atoms with Crippen LogP contribution in [-0.4, -0.2) is 27.0 Å². The summed E-state index contributed by atoms with van der Waals surface area (Å²) in [5, 5.41) is 4.73. The van der Waals surface area contributed by atoms with E-state index in [2.05, 4.69) is 20.6 Å². The highest BCUT2D eigenvalue weighted by Crippen LogP contribution is 2.40. The molecule has 0 unspecified atom stereocenters. The fraction of sp³-hybridized carbons (Fsp3) is 0.348. The van der Waals surface area contributed by atoms with Crippen LogP contribution in [0.15, 0.2) is 47.4 Å². The lowest BCUT2D eigenvalue weighted by atomic mass is 10.0. The van der Waals surface area contributed by atoms with Gasteiger partial charge in [-0.15, -0.1) is 11.8 Å². The number of imidazole rings is 1. The Morgan fingerprint density at radius 2 is 1.97 bits per heavy atom. The van der Waals surface area contributed by atoms with Gasteiger partial charge in [-0.1, -0.05) is 26.0 Å². The van der Waals surface area contributed by atoms with Crippen LogP contribution in [0.3, 0.4) is 0 Å². The standard InChI is InChI=1S/C23H23F3N4O2S/c1-12(2)9-17(21-28-14-5-3-4-6-15(14)29-21)27-20(31)11-19-22(32)30-16-10-13(23(24,25)26)7-8-18(16)33-19/h3-8,10,12,17,19H,9,11H2,1-2H3,(H,27,31)(H,28,29)(H,30,32)/t17-,19+/m1/s1. The Hall–Kier alpha value is -3.01. The van der Waals surface area contributed by atoms with Gasteiger partial charge in [-0.3, -0.25) is 9.59 Å². The minimum absolute atomic E-state index is 0.105. The number of rotatable bonds is 6. The third-order valence-electron chi connectivity index (χ3n) is 5.28. The highest BCUT2D eigenvalue weighted by Gasteiger charge is 2.34. The summed E-state index contributed by atoms with van der Waals surface area (Å²) < 4.78 is 38.8. The molecule has 0 spiro atoms. The van der Waals surface area contributed by atoms with E-state index in [1.807, 2.05) is 38.1 Å². The molecular weight excluding hydrogens is 453 g/mol. The Labute approximate surface area is 192 Å². The first-order chi connectivity index (χ1) is 15.6. The van der Waals surface area contributed by atoms with Gasteiger partial charge in [-0.05, 0) is 42.7 Å². The number of hydrogen-bond acceptors (Lipinski definition) is 4. The molecule has 0 saturated carbocycles. The normalized spacial score (nSPS) is 17.0. The first-order valence-electron chi connectivity index (χ1n) is 10.5. The number of H-pyrrole nitrogens is 1. The summed E-state index contributed by atoms with van der Waals surface area (Å²) in [4.78, 5) is 33.7. The van der Waals surface area contributed by atoms with Gasteiger partial charge in [-0.25, -0.2) is 4.98 Å². The lowest BCUT2D eigenvalue weighted by Crippen LogP contribution is -2.37.